The standard InChI is InChI=1S/C19H28O3/c1-12-10-16(20)15-7-5-6-14(19(15,3)4)9-8-13(2)18(22)17(21)11-12/h7,11,14,17-18,21-22H,2,5-6,8-10H2,1,3-4H3. The molecule has 3 atom stereocenters. The number of rotatable bonds is 0. The Morgan fingerprint density at radius 3 is 2.64 bits per heavy atom. The van der Waals surface area contributed by atoms with Crippen molar-refractivity contribution < 1.29 is 15.0 Å². The van der Waals surface area contributed by atoms with Crippen LogP contribution in [0.15, 0.2) is 35.5 Å². The van der Waals surface area contributed by atoms with Crippen molar-refractivity contribution in [3.63, 3.8) is 0 Å². The highest BCUT2D eigenvalue weighted by Gasteiger charge is 2.38. The summed E-state index contributed by atoms with van der Waals surface area (Å²) in [5.74, 6) is 0.547. The molecule has 0 spiro atoms. The second-order valence-corrected chi connectivity index (χ2v) is 7.36. The molecule has 2 aliphatic rings. The quantitative estimate of drug-likeness (QED) is 0.675. The summed E-state index contributed by atoms with van der Waals surface area (Å²) < 4.78 is 0. The molecule has 0 saturated carbocycles. The van der Waals surface area contributed by atoms with E-state index in [4.69, 9.17) is 0 Å². The van der Waals surface area contributed by atoms with Gasteiger partial charge in [-0.1, -0.05) is 38.2 Å². The molecule has 0 fully saturated rings. The van der Waals surface area contributed by atoms with Crippen LogP contribution >= 0.6 is 0 Å². The molecule has 2 aliphatic carbocycles. The summed E-state index contributed by atoms with van der Waals surface area (Å²) in [4.78, 5) is 12.6. The Morgan fingerprint density at radius 1 is 1.27 bits per heavy atom. The molecule has 0 heterocycles. The van der Waals surface area contributed by atoms with E-state index < -0.39 is 12.2 Å². The maximum Gasteiger partial charge on any atom is 0.163 e. The largest absolute Gasteiger partial charge is 0.386 e. The molecular formula is C19H28O3. The molecular weight excluding hydrogens is 276 g/mol. The normalized spacial score (nSPS) is 33.4. The van der Waals surface area contributed by atoms with Crippen molar-refractivity contribution in [2.24, 2.45) is 11.3 Å². The first-order valence-electron chi connectivity index (χ1n) is 8.18. The third-order valence-electron chi connectivity index (χ3n) is 5.33. The first-order chi connectivity index (χ1) is 10.2. The number of hydrogen-bond acceptors (Lipinski definition) is 3. The number of Topliss-reactive ketones (excluding diaryl/α,β-unsaturated/α-hetero) is 1. The Hall–Kier alpha value is -1.19. The van der Waals surface area contributed by atoms with E-state index >= 15 is 0 Å². The van der Waals surface area contributed by atoms with E-state index in [1.807, 2.05) is 6.92 Å². The van der Waals surface area contributed by atoms with Crippen molar-refractivity contribution in [1.82, 2.24) is 0 Å². The summed E-state index contributed by atoms with van der Waals surface area (Å²) in [5, 5.41) is 20.3. The van der Waals surface area contributed by atoms with Gasteiger partial charge in [0, 0.05) is 6.42 Å². The lowest BCUT2D eigenvalue weighted by molar-refractivity contribution is -0.116. The molecule has 122 valence electrons. The number of aliphatic hydroxyl groups excluding tert-OH is 2. The monoisotopic (exact) mass is 304 g/mol. The van der Waals surface area contributed by atoms with Crippen LogP contribution in [-0.4, -0.2) is 28.2 Å². The van der Waals surface area contributed by atoms with Crippen LogP contribution in [0.4, 0.5) is 0 Å². The number of carbonyl (C=O) groups is 1. The van der Waals surface area contributed by atoms with Gasteiger partial charge in [0.05, 0.1) is 0 Å². The average Bonchev–Trinajstić information content (AvgIpc) is 2.42. The second kappa shape index (κ2) is 6.51. The van der Waals surface area contributed by atoms with E-state index in [0.29, 0.717) is 24.3 Å². The molecule has 3 unspecified atom stereocenters. The van der Waals surface area contributed by atoms with Gasteiger partial charge in [0.2, 0.25) is 0 Å². The van der Waals surface area contributed by atoms with E-state index in [2.05, 4.69) is 26.5 Å². The lowest BCUT2D eigenvalue weighted by Crippen LogP contribution is -2.34. The Balaban J connectivity index is 2.38. The summed E-state index contributed by atoms with van der Waals surface area (Å²) in [6.07, 6.45) is 5.62. The van der Waals surface area contributed by atoms with Gasteiger partial charge >= 0.3 is 0 Å². The van der Waals surface area contributed by atoms with Crippen LogP contribution < -0.4 is 0 Å². The molecule has 3 nitrogen and oxygen atoms in total. The van der Waals surface area contributed by atoms with E-state index in [1.54, 1.807) is 6.08 Å². The van der Waals surface area contributed by atoms with Gasteiger partial charge in [0.15, 0.2) is 5.78 Å². The van der Waals surface area contributed by atoms with Crippen LogP contribution in [0.5, 0.6) is 0 Å². The zero-order valence-corrected chi connectivity index (χ0v) is 13.9. The zero-order chi connectivity index (χ0) is 16.5. The smallest absolute Gasteiger partial charge is 0.163 e. The maximum absolute atomic E-state index is 12.6. The number of carbonyl (C=O) groups excluding carboxylic acids is 1. The van der Waals surface area contributed by atoms with E-state index in [9.17, 15) is 15.0 Å². The fourth-order valence-electron chi connectivity index (χ4n) is 3.79. The molecule has 2 rings (SSSR count). The van der Waals surface area contributed by atoms with Gasteiger partial charge in [-0.3, -0.25) is 4.79 Å². The fourth-order valence-corrected chi connectivity index (χ4v) is 3.79. The molecule has 0 amide bonds. The Morgan fingerprint density at radius 2 is 1.95 bits per heavy atom. The highest BCUT2D eigenvalue weighted by atomic mass is 16.3. The number of hydrogen-bond donors (Lipinski definition) is 2. The van der Waals surface area contributed by atoms with Crippen LogP contribution in [0.25, 0.3) is 0 Å². The molecule has 3 heteroatoms. The number of fused-ring (bicyclic) bond motifs is 2. The molecule has 0 aromatic heterocycles. The summed E-state index contributed by atoms with van der Waals surface area (Å²) in [7, 11) is 0. The van der Waals surface area contributed by atoms with Crippen LogP contribution in [-0.2, 0) is 4.79 Å². The lowest BCUT2D eigenvalue weighted by Gasteiger charge is -2.40. The highest BCUT2D eigenvalue weighted by molar-refractivity contribution is 5.98. The molecule has 0 aliphatic heterocycles. The molecule has 22 heavy (non-hydrogen) atoms. The van der Waals surface area contributed by atoms with E-state index in [1.165, 1.54) is 0 Å². The van der Waals surface area contributed by atoms with Crippen LogP contribution in [0.3, 0.4) is 0 Å². The Kier molecular flexibility index (Phi) is 5.08. The topological polar surface area (TPSA) is 57.5 Å². The molecule has 2 N–H and O–H groups in total. The summed E-state index contributed by atoms with van der Waals surface area (Å²) in [6, 6.07) is 0. The summed E-state index contributed by atoms with van der Waals surface area (Å²) >= 11 is 0. The van der Waals surface area contributed by atoms with Gasteiger partial charge in [0.1, 0.15) is 12.2 Å². The van der Waals surface area contributed by atoms with Crippen molar-refractivity contribution in [1.29, 1.82) is 0 Å². The molecule has 0 saturated heterocycles. The predicted molar refractivity (Wildman–Crippen MR) is 88.4 cm³/mol. The van der Waals surface area contributed by atoms with Gasteiger partial charge < -0.3 is 10.2 Å². The SMILES string of the molecule is C=C1CCC2CCC=C(C(=O)CC(C)=CC(O)C1O)C2(C)C. The van der Waals surface area contributed by atoms with E-state index in [-0.39, 0.29) is 11.2 Å². The minimum atomic E-state index is -0.985. The minimum absolute atomic E-state index is 0.140. The van der Waals surface area contributed by atoms with Gasteiger partial charge in [-0.25, -0.2) is 0 Å². The van der Waals surface area contributed by atoms with Crippen molar-refractivity contribution in [3.05, 3.63) is 35.5 Å². The second-order valence-electron chi connectivity index (χ2n) is 7.36. The third-order valence-corrected chi connectivity index (χ3v) is 5.33. The predicted octanol–water partition coefficient (Wildman–Crippen LogP) is 3.33. The van der Waals surface area contributed by atoms with Gasteiger partial charge in [-0.05, 0) is 55.1 Å². The van der Waals surface area contributed by atoms with Crippen LogP contribution in [0.2, 0.25) is 0 Å². The van der Waals surface area contributed by atoms with E-state index in [0.717, 1.165) is 30.4 Å². The molecule has 0 aromatic carbocycles. The van der Waals surface area contributed by atoms with Gasteiger partial charge in [-0.15, -0.1) is 0 Å². The van der Waals surface area contributed by atoms with Crippen LogP contribution in [0, 0.1) is 11.3 Å². The van der Waals surface area contributed by atoms with Crippen molar-refractivity contribution in [2.75, 3.05) is 0 Å². The van der Waals surface area contributed by atoms with Crippen molar-refractivity contribution >= 4 is 5.78 Å². The number of ketones is 1. The molecule has 0 aromatic rings. The lowest BCUT2D eigenvalue weighted by atomic mass is 9.64. The van der Waals surface area contributed by atoms with Crippen molar-refractivity contribution in [3.8, 4) is 0 Å². The zero-order valence-electron chi connectivity index (χ0n) is 13.9. The van der Waals surface area contributed by atoms with Gasteiger partial charge in [0.25, 0.3) is 0 Å². The Labute approximate surface area is 133 Å². The Bertz CT molecular complexity index is 525. The first kappa shape index (κ1) is 17.2. The minimum Gasteiger partial charge on any atom is -0.386 e. The molecule has 0 radical (unpaired) electrons. The maximum atomic E-state index is 12.6. The molecule has 2 bridgehead atoms. The van der Waals surface area contributed by atoms with Crippen molar-refractivity contribution in [2.45, 2.75) is 65.1 Å². The first-order valence-corrected chi connectivity index (χ1v) is 8.18. The highest BCUT2D eigenvalue weighted by Crippen LogP contribution is 2.45. The van der Waals surface area contributed by atoms with Crippen LogP contribution in [0.1, 0.15) is 52.9 Å². The van der Waals surface area contributed by atoms with Gasteiger partial charge in [-0.2, -0.15) is 0 Å². The summed E-state index contributed by atoms with van der Waals surface area (Å²) in [6.45, 7) is 10.1. The average molecular weight is 304 g/mol. The summed E-state index contributed by atoms with van der Waals surface area (Å²) in [5.41, 5.74) is 2.26. The number of allylic oxidation sites excluding steroid dienone is 3. The third kappa shape index (κ3) is 3.41. The fraction of sp³-hybridized carbons (Fsp3) is 0.632. The number of aliphatic hydroxyl groups is 2.